The number of hydrogen-bond acceptors (Lipinski definition) is 4. The maximum Gasteiger partial charge on any atom is 0.251 e. The standard InChI is InChI=1S/C24H38N2O4/c1-5-7-9-15-20(25-23(29)17(3)12-6-2)22(28)24(30)26-21(18(4)27)16-19-13-10-8-11-14-19/h8,10-11,13-14,17,20-22,28H,5-7,9,12,15-16H2,1-4H3,(H,25,29)(H,26,30)/t17-,20-,21-,22?/m0/s1. The van der Waals surface area contributed by atoms with Crippen molar-refractivity contribution in [2.45, 2.75) is 90.8 Å². The normalized spacial score (nSPS) is 15.0. The van der Waals surface area contributed by atoms with E-state index in [-0.39, 0.29) is 17.6 Å². The molecule has 0 aliphatic rings. The topological polar surface area (TPSA) is 95.5 Å². The highest BCUT2D eigenvalue weighted by Gasteiger charge is 2.30. The maximum absolute atomic E-state index is 12.7. The molecule has 6 nitrogen and oxygen atoms in total. The fraction of sp³-hybridized carbons (Fsp3) is 0.625. The van der Waals surface area contributed by atoms with Crippen LogP contribution in [0.4, 0.5) is 0 Å². The molecule has 0 fully saturated rings. The largest absolute Gasteiger partial charge is 0.381 e. The molecule has 0 aliphatic heterocycles. The molecule has 3 N–H and O–H groups in total. The number of amides is 2. The van der Waals surface area contributed by atoms with Gasteiger partial charge < -0.3 is 15.7 Å². The van der Waals surface area contributed by atoms with E-state index in [9.17, 15) is 19.5 Å². The smallest absolute Gasteiger partial charge is 0.251 e. The highest BCUT2D eigenvalue weighted by molar-refractivity contribution is 5.90. The van der Waals surface area contributed by atoms with E-state index in [1.54, 1.807) is 0 Å². The van der Waals surface area contributed by atoms with Crippen molar-refractivity contribution in [1.82, 2.24) is 10.6 Å². The minimum Gasteiger partial charge on any atom is -0.381 e. The second kappa shape index (κ2) is 13.9. The van der Waals surface area contributed by atoms with Crippen molar-refractivity contribution in [3.63, 3.8) is 0 Å². The van der Waals surface area contributed by atoms with Gasteiger partial charge in [-0.1, -0.05) is 76.8 Å². The molecule has 1 rings (SSSR count). The van der Waals surface area contributed by atoms with Crippen LogP contribution in [0.2, 0.25) is 0 Å². The molecule has 30 heavy (non-hydrogen) atoms. The van der Waals surface area contributed by atoms with Crippen molar-refractivity contribution >= 4 is 17.6 Å². The van der Waals surface area contributed by atoms with Crippen molar-refractivity contribution in [3.05, 3.63) is 35.9 Å². The minimum absolute atomic E-state index is 0.155. The second-order valence-electron chi connectivity index (χ2n) is 8.11. The Balaban J connectivity index is 2.82. The number of hydrogen-bond donors (Lipinski definition) is 3. The third-order valence-electron chi connectivity index (χ3n) is 5.36. The number of aliphatic hydroxyl groups excluding tert-OH is 1. The highest BCUT2D eigenvalue weighted by atomic mass is 16.3. The zero-order valence-electron chi connectivity index (χ0n) is 18.8. The predicted octanol–water partition coefficient (Wildman–Crippen LogP) is 3.17. The summed E-state index contributed by atoms with van der Waals surface area (Å²) in [5.74, 6) is -1.14. The van der Waals surface area contributed by atoms with Gasteiger partial charge in [-0.15, -0.1) is 0 Å². The van der Waals surface area contributed by atoms with Crippen LogP contribution in [0.15, 0.2) is 30.3 Å². The Morgan fingerprint density at radius 1 is 0.933 bits per heavy atom. The van der Waals surface area contributed by atoms with Gasteiger partial charge in [0.15, 0.2) is 11.9 Å². The van der Waals surface area contributed by atoms with Crippen LogP contribution >= 0.6 is 0 Å². The zero-order valence-corrected chi connectivity index (χ0v) is 18.8. The number of rotatable bonds is 14. The van der Waals surface area contributed by atoms with E-state index in [0.29, 0.717) is 12.8 Å². The zero-order chi connectivity index (χ0) is 22.5. The number of ketones is 1. The monoisotopic (exact) mass is 418 g/mol. The average Bonchev–Trinajstić information content (AvgIpc) is 2.72. The summed E-state index contributed by atoms with van der Waals surface area (Å²) in [4.78, 5) is 37.3. The average molecular weight is 419 g/mol. The van der Waals surface area contributed by atoms with Gasteiger partial charge in [0.05, 0.1) is 12.1 Å². The number of nitrogens with one attached hydrogen (secondary N) is 2. The Morgan fingerprint density at radius 2 is 1.60 bits per heavy atom. The molecule has 0 saturated heterocycles. The molecule has 2 amide bonds. The number of aliphatic hydroxyl groups is 1. The van der Waals surface area contributed by atoms with Gasteiger partial charge in [-0.05, 0) is 31.7 Å². The van der Waals surface area contributed by atoms with Crippen molar-refractivity contribution in [2.24, 2.45) is 5.92 Å². The van der Waals surface area contributed by atoms with E-state index in [2.05, 4.69) is 17.6 Å². The van der Waals surface area contributed by atoms with E-state index >= 15 is 0 Å². The lowest BCUT2D eigenvalue weighted by Gasteiger charge is -2.26. The molecule has 0 bridgehead atoms. The summed E-state index contributed by atoms with van der Waals surface area (Å²) in [5.41, 5.74) is 0.925. The summed E-state index contributed by atoms with van der Waals surface area (Å²) in [5, 5.41) is 16.2. The van der Waals surface area contributed by atoms with Gasteiger partial charge in [-0.3, -0.25) is 14.4 Å². The molecule has 1 aromatic rings. The van der Waals surface area contributed by atoms with Crippen LogP contribution in [-0.4, -0.2) is 40.9 Å². The molecule has 1 aromatic carbocycles. The first-order valence-corrected chi connectivity index (χ1v) is 11.1. The predicted molar refractivity (Wildman–Crippen MR) is 119 cm³/mol. The van der Waals surface area contributed by atoms with E-state index in [0.717, 1.165) is 37.7 Å². The van der Waals surface area contributed by atoms with Crippen LogP contribution < -0.4 is 10.6 Å². The Morgan fingerprint density at radius 3 is 2.17 bits per heavy atom. The van der Waals surface area contributed by atoms with E-state index in [4.69, 9.17) is 0 Å². The molecule has 1 unspecified atom stereocenters. The summed E-state index contributed by atoms with van der Waals surface area (Å²) in [6, 6.07) is 8.02. The van der Waals surface area contributed by atoms with Gasteiger partial charge in [-0.25, -0.2) is 0 Å². The van der Waals surface area contributed by atoms with E-state index < -0.39 is 24.1 Å². The van der Waals surface area contributed by atoms with Crippen LogP contribution in [-0.2, 0) is 20.8 Å². The van der Waals surface area contributed by atoms with Gasteiger partial charge in [-0.2, -0.15) is 0 Å². The molecule has 6 heteroatoms. The third-order valence-corrected chi connectivity index (χ3v) is 5.36. The van der Waals surface area contributed by atoms with Crippen molar-refractivity contribution < 1.29 is 19.5 Å². The fourth-order valence-electron chi connectivity index (χ4n) is 3.40. The first kappa shape index (κ1) is 25.8. The van der Waals surface area contributed by atoms with Crippen LogP contribution in [0, 0.1) is 5.92 Å². The summed E-state index contributed by atoms with van der Waals surface area (Å²) < 4.78 is 0. The summed E-state index contributed by atoms with van der Waals surface area (Å²) in [7, 11) is 0. The number of carbonyl (C=O) groups excluding carboxylic acids is 3. The van der Waals surface area contributed by atoms with E-state index in [1.807, 2.05) is 44.2 Å². The molecule has 0 aliphatic carbocycles. The first-order valence-electron chi connectivity index (χ1n) is 11.1. The van der Waals surface area contributed by atoms with Gasteiger partial charge in [0.1, 0.15) is 0 Å². The number of unbranched alkanes of at least 4 members (excludes halogenated alkanes) is 2. The molecule has 0 spiro atoms. The van der Waals surface area contributed by atoms with Crippen molar-refractivity contribution in [3.8, 4) is 0 Å². The summed E-state index contributed by atoms with van der Waals surface area (Å²) in [6.07, 6.45) is 3.85. The molecular weight excluding hydrogens is 380 g/mol. The number of benzene rings is 1. The van der Waals surface area contributed by atoms with Crippen LogP contribution in [0.1, 0.15) is 71.8 Å². The van der Waals surface area contributed by atoms with Gasteiger partial charge >= 0.3 is 0 Å². The maximum atomic E-state index is 12.7. The molecule has 0 aromatic heterocycles. The van der Waals surface area contributed by atoms with E-state index in [1.165, 1.54) is 6.92 Å². The Labute approximate surface area is 180 Å². The molecule has 168 valence electrons. The summed E-state index contributed by atoms with van der Waals surface area (Å²) in [6.45, 7) is 7.35. The number of carbonyl (C=O) groups is 3. The van der Waals surface area contributed by atoms with Crippen LogP contribution in [0.25, 0.3) is 0 Å². The molecular formula is C24H38N2O4. The molecule has 0 radical (unpaired) electrons. The van der Waals surface area contributed by atoms with Gasteiger partial charge in [0.2, 0.25) is 5.91 Å². The Bertz CT molecular complexity index is 662. The van der Waals surface area contributed by atoms with Gasteiger partial charge in [0, 0.05) is 5.92 Å². The quantitative estimate of drug-likeness (QED) is 0.404. The highest BCUT2D eigenvalue weighted by Crippen LogP contribution is 2.12. The molecule has 0 heterocycles. The van der Waals surface area contributed by atoms with Gasteiger partial charge in [0.25, 0.3) is 5.91 Å². The van der Waals surface area contributed by atoms with Crippen molar-refractivity contribution in [1.29, 1.82) is 0 Å². The SMILES string of the molecule is CCCCC[C@H](NC(=O)[C@@H](C)CCC)C(O)C(=O)N[C@@H](Cc1ccccc1)C(C)=O. The van der Waals surface area contributed by atoms with Crippen molar-refractivity contribution in [2.75, 3.05) is 0 Å². The summed E-state index contributed by atoms with van der Waals surface area (Å²) >= 11 is 0. The molecule has 4 atom stereocenters. The number of Topliss-reactive ketones (excluding diaryl/α,β-unsaturated/α-hetero) is 1. The fourth-order valence-corrected chi connectivity index (χ4v) is 3.40. The first-order chi connectivity index (χ1) is 14.3. The third kappa shape index (κ3) is 9.08. The lowest BCUT2D eigenvalue weighted by molar-refractivity contribution is -0.135. The van der Waals surface area contributed by atoms with Crippen LogP contribution in [0.5, 0.6) is 0 Å². The molecule has 0 saturated carbocycles. The second-order valence-corrected chi connectivity index (χ2v) is 8.11. The minimum atomic E-state index is -1.41. The Kier molecular flexibility index (Phi) is 12.0. The Hall–Kier alpha value is -2.21. The lowest BCUT2D eigenvalue weighted by Crippen LogP contribution is -2.54. The lowest BCUT2D eigenvalue weighted by atomic mass is 9.98. The van der Waals surface area contributed by atoms with Crippen LogP contribution in [0.3, 0.4) is 0 Å².